The van der Waals surface area contributed by atoms with Crippen LogP contribution in [0.4, 0.5) is 0 Å². The summed E-state index contributed by atoms with van der Waals surface area (Å²) in [4.78, 5) is 0. The van der Waals surface area contributed by atoms with Crippen molar-refractivity contribution in [1.29, 1.82) is 0 Å². The van der Waals surface area contributed by atoms with Gasteiger partial charge < -0.3 is 4.74 Å². The molecule has 2 atom stereocenters. The number of rotatable bonds is 0. The van der Waals surface area contributed by atoms with Crippen LogP contribution in [0.15, 0.2) is 24.3 Å². The Labute approximate surface area is 118 Å². The molecule has 1 nitrogen and oxygen atoms in total. The maximum Gasteiger partial charge on any atom is 0.0879 e. The Morgan fingerprint density at radius 2 is 1.58 bits per heavy atom. The molecule has 1 aromatic carbocycles. The topological polar surface area (TPSA) is 9.23 Å². The van der Waals surface area contributed by atoms with Crippen molar-refractivity contribution in [1.82, 2.24) is 0 Å². The molecule has 1 aromatic rings. The van der Waals surface area contributed by atoms with E-state index in [4.69, 9.17) is 4.74 Å². The molecule has 19 heavy (non-hydrogen) atoms. The van der Waals surface area contributed by atoms with Crippen LogP contribution >= 0.6 is 0 Å². The molecule has 0 bridgehead atoms. The number of hydrogen-bond donors (Lipinski definition) is 0. The summed E-state index contributed by atoms with van der Waals surface area (Å²) in [5.41, 5.74) is 3.19. The van der Waals surface area contributed by atoms with Gasteiger partial charge in [0.25, 0.3) is 0 Å². The van der Waals surface area contributed by atoms with Crippen molar-refractivity contribution in [2.45, 2.75) is 66.6 Å². The van der Waals surface area contributed by atoms with E-state index in [1.165, 1.54) is 11.1 Å². The lowest BCUT2D eigenvalue weighted by molar-refractivity contribution is -0.108. The van der Waals surface area contributed by atoms with Gasteiger partial charge in [0.05, 0.1) is 12.2 Å². The molecule has 1 heteroatoms. The molecule has 0 unspecified atom stereocenters. The van der Waals surface area contributed by atoms with Crippen LogP contribution < -0.4 is 0 Å². The fourth-order valence-electron chi connectivity index (χ4n) is 2.92. The summed E-state index contributed by atoms with van der Waals surface area (Å²) in [6.45, 7) is 13.7. The molecule has 106 valence electrons. The smallest absolute Gasteiger partial charge is 0.0879 e. The molecule has 0 spiro atoms. The molecular weight excluding hydrogens is 232 g/mol. The van der Waals surface area contributed by atoms with Crippen LogP contribution in [0.5, 0.6) is 0 Å². The highest BCUT2D eigenvalue weighted by molar-refractivity contribution is 5.31. The normalized spacial score (nSPS) is 24.7. The largest absolute Gasteiger partial charge is 0.369 e. The molecule has 0 saturated heterocycles. The molecule has 0 radical (unpaired) electrons. The lowest BCUT2D eigenvalue weighted by Crippen LogP contribution is -2.33. The Kier molecular flexibility index (Phi) is 3.79. The first kappa shape index (κ1) is 14.6. The van der Waals surface area contributed by atoms with Gasteiger partial charge in [-0.05, 0) is 34.8 Å². The Bertz CT molecular complexity index is 434. The van der Waals surface area contributed by atoms with Crippen LogP contribution in [-0.2, 0) is 11.2 Å². The van der Waals surface area contributed by atoms with Gasteiger partial charge in [-0.25, -0.2) is 0 Å². The highest BCUT2D eigenvalue weighted by Crippen LogP contribution is 2.44. The van der Waals surface area contributed by atoms with Crippen LogP contribution in [0.1, 0.15) is 65.2 Å². The molecule has 1 aliphatic heterocycles. The number of fused-ring (bicyclic) bond motifs is 1. The molecule has 1 heterocycles. The van der Waals surface area contributed by atoms with Crippen molar-refractivity contribution in [2.75, 3.05) is 0 Å². The molecule has 0 amide bonds. The highest BCUT2D eigenvalue weighted by Gasteiger charge is 2.37. The van der Waals surface area contributed by atoms with Gasteiger partial charge in [0, 0.05) is 0 Å². The third-order valence-corrected chi connectivity index (χ3v) is 4.07. The Morgan fingerprint density at radius 3 is 2.16 bits per heavy atom. The fraction of sp³-hybridized carbons (Fsp3) is 0.667. The van der Waals surface area contributed by atoms with Gasteiger partial charge in [0.1, 0.15) is 0 Å². The number of benzene rings is 1. The van der Waals surface area contributed by atoms with E-state index < -0.39 is 0 Å². The van der Waals surface area contributed by atoms with E-state index in [2.05, 4.69) is 65.8 Å². The summed E-state index contributed by atoms with van der Waals surface area (Å²) in [6.07, 6.45) is 2.76. The fourth-order valence-corrected chi connectivity index (χ4v) is 2.92. The monoisotopic (exact) mass is 260 g/mol. The first-order valence-corrected chi connectivity index (χ1v) is 7.43. The van der Waals surface area contributed by atoms with Crippen LogP contribution in [0, 0.1) is 10.8 Å². The van der Waals surface area contributed by atoms with Gasteiger partial charge in [0.2, 0.25) is 0 Å². The average Bonchev–Trinajstić information content (AvgIpc) is 2.46. The van der Waals surface area contributed by atoms with E-state index in [0.717, 1.165) is 12.8 Å². The number of hydrogen-bond acceptors (Lipinski definition) is 1. The van der Waals surface area contributed by atoms with E-state index >= 15 is 0 Å². The molecular formula is C18H28O. The molecule has 1 aliphatic rings. The van der Waals surface area contributed by atoms with Crippen molar-refractivity contribution >= 4 is 0 Å². The first-order valence-electron chi connectivity index (χ1n) is 7.43. The Balaban J connectivity index is 2.41. The molecule has 0 saturated carbocycles. The van der Waals surface area contributed by atoms with Gasteiger partial charge in [-0.2, -0.15) is 0 Å². The third kappa shape index (κ3) is 3.20. The summed E-state index contributed by atoms with van der Waals surface area (Å²) in [6, 6.07) is 8.80. The van der Waals surface area contributed by atoms with Crippen molar-refractivity contribution < 1.29 is 4.74 Å². The van der Waals surface area contributed by atoms with Crippen LogP contribution in [0.25, 0.3) is 0 Å². The zero-order valence-corrected chi connectivity index (χ0v) is 13.3. The zero-order valence-electron chi connectivity index (χ0n) is 13.3. The van der Waals surface area contributed by atoms with Crippen LogP contribution in [0.2, 0.25) is 0 Å². The molecule has 2 rings (SSSR count). The van der Waals surface area contributed by atoms with E-state index in [-0.39, 0.29) is 16.9 Å². The minimum absolute atomic E-state index is 0.129. The summed E-state index contributed by atoms with van der Waals surface area (Å²) in [7, 11) is 0. The van der Waals surface area contributed by atoms with Crippen molar-refractivity contribution in [3.63, 3.8) is 0 Å². The maximum absolute atomic E-state index is 6.57. The lowest BCUT2D eigenvalue weighted by Gasteiger charge is -2.37. The molecule has 0 N–H and O–H groups in total. The van der Waals surface area contributed by atoms with Crippen molar-refractivity contribution in [3.05, 3.63) is 35.4 Å². The van der Waals surface area contributed by atoms with Gasteiger partial charge in [0.15, 0.2) is 0 Å². The minimum Gasteiger partial charge on any atom is -0.369 e. The lowest BCUT2D eigenvalue weighted by atomic mass is 9.82. The third-order valence-electron chi connectivity index (χ3n) is 4.07. The second kappa shape index (κ2) is 4.94. The van der Waals surface area contributed by atoms with Gasteiger partial charge in [-0.3, -0.25) is 0 Å². The predicted molar refractivity (Wildman–Crippen MR) is 81.3 cm³/mol. The first-order chi connectivity index (χ1) is 8.69. The SMILES string of the molecule is CC(C)(C)[C@H]1CCc2ccccc2[C@@H](C(C)(C)C)O1. The van der Waals surface area contributed by atoms with E-state index in [0.29, 0.717) is 6.10 Å². The predicted octanol–water partition coefficient (Wildman–Crippen LogP) is 5.15. The van der Waals surface area contributed by atoms with E-state index in [1.807, 2.05) is 0 Å². The quantitative estimate of drug-likeness (QED) is 0.626. The summed E-state index contributed by atoms with van der Waals surface area (Å²) >= 11 is 0. The average molecular weight is 260 g/mol. The summed E-state index contributed by atoms with van der Waals surface area (Å²) in [5, 5.41) is 0. The molecule has 0 aliphatic carbocycles. The summed E-state index contributed by atoms with van der Waals surface area (Å²) < 4.78 is 6.57. The standard InChI is InChI=1S/C18H28O/c1-17(2,3)15-12-11-13-9-7-8-10-14(13)16(19-15)18(4,5)6/h7-10,15-16H,11-12H2,1-6H3/t15-,16+/m1/s1. The summed E-state index contributed by atoms with van der Waals surface area (Å²) in [5.74, 6) is 0. The zero-order chi connectivity index (χ0) is 14.3. The van der Waals surface area contributed by atoms with E-state index in [1.54, 1.807) is 0 Å². The van der Waals surface area contributed by atoms with Crippen LogP contribution in [0.3, 0.4) is 0 Å². The van der Waals surface area contributed by atoms with Crippen LogP contribution in [-0.4, -0.2) is 6.10 Å². The van der Waals surface area contributed by atoms with Crippen molar-refractivity contribution in [3.8, 4) is 0 Å². The number of ether oxygens (including phenoxy) is 1. The van der Waals surface area contributed by atoms with Gasteiger partial charge in [-0.15, -0.1) is 0 Å². The van der Waals surface area contributed by atoms with Gasteiger partial charge in [-0.1, -0.05) is 65.8 Å². The van der Waals surface area contributed by atoms with Gasteiger partial charge >= 0.3 is 0 Å². The minimum atomic E-state index is 0.129. The second-order valence-electron chi connectivity index (χ2n) is 7.97. The maximum atomic E-state index is 6.57. The molecule has 0 aromatic heterocycles. The van der Waals surface area contributed by atoms with E-state index in [9.17, 15) is 0 Å². The Hall–Kier alpha value is -0.820. The number of aryl methyl sites for hydroxylation is 1. The highest BCUT2D eigenvalue weighted by atomic mass is 16.5. The van der Waals surface area contributed by atoms with Crippen molar-refractivity contribution in [2.24, 2.45) is 10.8 Å². The molecule has 0 fully saturated rings. The Morgan fingerprint density at radius 1 is 0.947 bits per heavy atom. The second-order valence-corrected chi connectivity index (χ2v) is 7.97.